The lowest BCUT2D eigenvalue weighted by Crippen LogP contribution is -2.46. The molecule has 54 heavy (non-hydrogen) atoms. The van der Waals surface area contributed by atoms with E-state index in [4.69, 9.17) is 49.1 Å². The smallest absolute Gasteiger partial charge is 0.469 e. The van der Waals surface area contributed by atoms with Crippen molar-refractivity contribution in [2.24, 2.45) is 21.7 Å². The largest absolute Gasteiger partial charge is 0.472 e. The van der Waals surface area contributed by atoms with Crippen LogP contribution >= 0.6 is 19.4 Å². The quantitative estimate of drug-likeness (QED) is 0.0303. The van der Waals surface area contributed by atoms with Crippen LogP contribution in [0.25, 0.3) is 0 Å². The van der Waals surface area contributed by atoms with Crippen molar-refractivity contribution in [2.75, 3.05) is 94.3 Å². The van der Waals surface area contributed by atoms with E-state index in [0.717, 1.165) is 0 Å². The number of nitrogens with zero attached hydrogens (tertiary/aromatic N) is 1. The number of phosphoric ester groups is 1. The van der Waals surface area contributed by atoms with Crippen molar-refractivity contribution in [3.8, 4) is 0 Å². The molecule has 0 aliphatic rings. The van der Waals surface area contributed by atoms with Crippen molar-refractivity contribution >= 4 is 49.3 Å². The molecule has 4 unspecified atom stereocenters. The standard InChI is InChI=1S/C35H63ClNO16P/c1-13-47-25-34(7,24-33(6,28(41)48-17-15-38)22-31(2,3)26(39)46-12)29(42)50-19-18-49-27(40)32(4,5)23-35(8,36)30(43)51-20-21-53-54(44,45)52-16-14-37(9,10)11/h38H,13-25H2,1-12H3/p+1. The van der Waals surface area contributed by atoms with Crippen LogP contribution < -0.4 is 0 Å². The summed E-state index contributed by atoms with van der Waals surface area (Å²) in [5.74, 6) is -3.74. The van der Waals surface area contributed by atoms with E-state index in [1.807, 2.05) is 21.1 Å². The number of alkyl halides is 1. The van der Waals surface area contributed by atoms with Gasteiger partial charge in [-0.05, 0) is 74.7 Å². The molecule has 0 aromatic carbocycles. The number of methoxy groups -OCH3 is 1. The van der Waals surface area contributed by atoms with E-state index in [-0.39, 0.29) is 58.9 Å². The van der Waals surface area contributed by atoms with Gasteiger partial charge in [0.2, 0.25) is 0 Å². The van der Waals surface area contributed by atoms with Crippen LogP contribution in [0.5, 0.6) is 0 Å². The number of esters is 5. The molecule has 17 nitrogen and oxygen atoms in total. The predicted molar refractivity (Wildman–Crippen MR) is 196 cm³/mol. The first-order valence-corrected chi connectivity index (χ1v) is 19.5. The molecule has 0 bridgehead atoms. The highest BCUT2D eigenvalue weighted by molar-refractivity contribution is 7.47. The van der Waals surface area contributed by atoms with Crippen LogP contribution in [0.3, 0.4) is 0 Å². The van der Waals surface area contributed by atoms with Gasteiger partial charge in [-0.15, -0.1) is 11.6 Å². The van der Waals surface area contributed by atoms with Gasteiger partial charge in [0.1, 0.15) is 44.5 Å². The average molecular weight is 821 g/mol. The Kier molecular flexibility index (Phi) is 20.8. The molecule has 0 rings (SSSR count). The molecule has 0 fully saturated rings. The average Bonchev–Trinajstić information content (AvgIpc) is 3.04. The van der Waals surface area contributed by atoms with E-state index in [1.54, 1.807) is 34.6 Å². The highest BCUT2D eigenvalue weighted by Crippen LogP contribution is 2.45. The Morgan fingerprint density at radius 2 is 1.11 bits per heavy atom. The second kappa shape index (κ2) is 21.8. The molecular weight excluding hydrogens is 757 g/mol. The van der Waals surface area contributed by atoms with Crippen LogP contribution in [0.1, 0.15) is 74.7 Å². The Hall–Kier alpha value is -2.37. The van der Waals surface area contributed by atoms with Gasteiger partial charge in [0.05, 0.1) is 69.7 Å². The third-order valence-corrected chi connectivity index (χ3v) is 9.48. The normalized spacial score (nSPS) is 16.8. The van der Waals surface area contributed by atoms with E-state index in [1.165, 1.54) is 27.9 Å². The molecule has 4 atom stereocenters. The summed E-state index contributed by atoms with van der Waals surface area (Å²) in [6.07, 6.45) is -0.473. The van der Waals surface area contributed by atoms with E-state index in [0.29, 0.717) is 11.0 Å². The van der Waals surface area contributed by atoms with Crippen LogP contribution in [-0.2, 0) is 66.0 Å². The molecule has 0 aromatic rings. The number of ether oxygens (including phenoxy) is 6. The van der Waals surface area contributed by atoms with Crippen LogP contribution in [-0.4, -0.2) is 143 Å². The summed E-state index contributed by atoms with van der Waals surface area (Å²) in [5, 5.41) is 9.23. The summed E-state index contributed by atoms with van der Waals surface area (Å²) in [6.45, 7) is 10.6. The second-order valence-corrected chi connectivity index (χ2v) is 18.4. The Morgan fingerprint density at radius 1 is 0.648 bits per heavy atom. The summed E-state index contributed by atoms with van der Waals surface area (Å²) >= 11 is 6.45. The Morgan fingerprint density at radius 3 is 1.63 bits per heavy atom. The van der Waals surface area contributed by atoms with Crippen molar-refractivity contribution in [2.45, 2.75) is 79.5 Å². The summed E-state index contributed by atoms with van der Waals surface area (Å²) < 4.78 is 54.0. The minimum absolute atomic E-state index is 0.0275. The van der Waals surface area contributed by atoms with E-state index >= 15 is 0 Å². The number of rotatable bonds is 27. The minimum Gasteiger partial charge on any atom is -0.469 e. The fraction of sp³-hybridized carbons (Fsp3) is 0.857. The molecule has 0 spiro atoms. The van der Waals surface area contributed by atoms with Crippen molar-refractivity contribution in [1.29, 1.82) is 0 Å². The Bertz CT molecular complexity index is 1300. The molecule has 19 heteroatoms. The first kappa shape index (κ1) is 51.6. The van der Waals surface area contributed by atoms with Gasteiger partial charge in [0, 0.05) is 6.61 Å². The van der Waals surface area contributed by atoms with Gasteiger partial charge in [-0.2, -0.15) is 0 Å². The summed E-state index contributed by atoms with van der Waals surface area (Å²) in [6, 6.07) is 0. The van der Waals surface area contributed by atoms with Crippen LogP contribution in [0, 0.1) is 21.7 Å². The summed E-state index contributed by atoms with van der Waals surface area (Å²) in [7, 11) is 2.52. The molecule has 0 radical (unpaired) electrons. The third kappa shape index (κ3) is 18.5. The maximum absolute atomic E-state index is 13.5. The maximum Gasteiger partial charge on any atom is 0.472 e. The number of quaternary nitrogens is 1. The second-order valence-electron chi connectivity index (χ2n) is 16.2. The fourth-order valence-electron chi connectivity index (χ4n) is 5.73. The number of aliphatic hydroxyl groups is 1. The molecule has 0 saturated heterocycles. The van der Waals surface area contributed by atoms with Gasteiger partial charge >= 0.3 is 37.7 Å². The highest BCUT2D eigenvalue weighted by Gasteiger charge is 2.51. The zero-order valence-electron chi connectivity index (χ0n) is 34.1. The lowest BCUT2D eigenvalue weighted by Gasteiger charge is -2.39. The van der Waals surface area contributed by atoms with Gasteiger partial charge in [-0.1, -0.05) is 0 Å². The van der Waals surface area contributed by atoms with E-state index in [9.17, 15) is 38.5 Å². The Labute approximate surface area is 324 Å². The topological polar surface area (TPSA) is 217 Å². The number of aliphatic hydroxyl groups excluding tert-OH is 1. The lowest BCUT2D eigenvalue weighted by molar-refractivity contribution is -0.870. The molecule has 316 valence electrons. The van der Waals surface area contributed by atoms with E-state index < -0.39 is 84.0 Å². The van der Waals surface area contributed by atoms with Gasteiger partial charge in [-0.3, -0.25) is 33.0 Å². The SMILES string of the molecule is CCOCC(C)(CC(C)(CC(C)(C)C(=O)OC)C(=O)OCCO)C(=O)OCCOC(=O)C(C)(C)CC(C)(Cl)C(=O)OCCOP(=O)(O)OCC[N+](C)(C)C. The molecule has 2 N–H and O–H groups in total. The third-order valence-electron chi connectivity index (χ3n) is 8.17. The molecule has 0 aliphatic carbocycles. The van der Waals surface area contributed by atoms with Crippen LogP contribution in [0.2, 0.25) is 0 Å². The number of likely N-dealkylation sites (N-methyl/N-ethyl adjacent to an activating group) is 1. The molecule has 0 aliphatic heterocycles. The maximum atomic E-state index is 13.5. The first-order valence-electron chi connectivity index (χ1n) is 17.6. The predicted octanol–water partition coefficient (Wildman–Crippen LogP) is 3.43. The zero-order chi connectivity index (χ0) is 42.2. The summed E-state index contributed by atoms with van der Waals surface area (Å²) in [4.78, 5) is 73.3. The van der Waals surface area contributed by atoms with Crippen molar-refractivity contribution in [1.82, 2.24) is 0 Å². The van der Waals surface area contributed by atoms with Gasteiger partial charge in [0.25, 0.3) is 0 Å². The number of hydrogen-bond acceptors (Lipinski definition) is 15. The Balaban J connectivity index is 5.42. The van der Waals surface area contributed by atoms with Crippen LogP contribution in [0.15, 0.2) is 0 Å². The monoisotopic (exact) mass is 820 g/mol. The lowest BCUT2D eigenvalue weighted by atomic mass is 9.66. The molecule has 0 saturated carbocycles. The molecular formula is C35H64ClNO16P+. The van der Waals surface area contributed by atoms with Crippen molar-refractivity contribution < 1.29 is 80.5 Å². The highest BCUT2D eigenvalue weighted by atomic mass is 35.5. The number of phosphoric acid groups is 1. The van der Waals surface area contributed by atoms with Gasteiger partial charge < -0.3 is 42.9 Å². The first-order chi connectivity index (χ1) is 24.5. The van der Waals surface area contributed by atoms with Gasteiger partial charge in [0.15, 0.2) is 0 Å². The fourth-order valence-corrected chi connectivity index (χ4v) is 6.81. The number of carbonyl (C=O) groups is 5. The van der Waals surface area contributed by atoms with Gasteiger partial charge in [-0.25, -0.2) is 4.57 Å². The number of carbonyl (C=O) groups excluding carboxylic acids is 5. The zero-order valence-corrected chi connectivity index (χ0v) is 35.7. The molecule has 0 amide bonds. The van der Waals surface area contributed by atoms with Crippen molar-refractivity contribution in [3.63, 3.8) is 0 Å². The van der Waals surface area contributed by atoms with Crippen LogP contribution in [0.4, 0.5) is 0 Å². The number of hydrogen-bond donors (Lipinski definition) is 2. The molecule has 0 heterocycles. The van der Waals surface area contributed by atoms with Crippen molar-refractivity contribution in [3.05, 3.63) is 0 Å². The summed E-state index contributed by atoms with van der Waals surface area (Å²) in [5.41, 5.74) is -5.34. The molecule has 0 aromatic heterocycles. The minimum atomic E-state index is -4.36. The van der Waals surface area contributed by atoms with E-state index in [2.05, 4.69) is 0 Å². The number of halogens is 1.